The SMILES string of the molecule is CN(CC(=O)Nc1ccc(F)cc1)C(=O)Cc1coc2ccc3ccccc3c12. The standard InChI is InChI=1S/C23H19FN2O3/c1-26(13-21(27)25-18-9-7-17(24)8-10-18)22(28)12-16-14-29-20-11-6-15-4-2-3-5-19(15)23(16)20/h2-11,14H,12-13H2,1H3,(H,25,27). The predicted molar refractivity (Wildman–Crippen MR) is 110 cm³/mol. The topological polar surface area (TPSA) is 62.6 Å². The van der Waals surface area contributed by atoms with Crippen molar-refractivity contribution in [2.75, 3.05) is 18.9 Å². The number of hydrogen-bond donors (Lipinski definition) is 1. The molecule has 4 rings (SSSR count). The Labute approximate surface area is 166 Å². The molecule has 0 bridgehead atoms. The number of rotatable bonds is 5. The number of furan rings is 1. The highest BCUT2D eigenvalue weighted by molar-refractivity contribution is 6.08. The van der Waals surface area contributed by atoms with E-state index in [0.29, 0.717) is 5.69 Å². The van der Waals surface area contributed by atoms with Gasteiger partial charge >= 0.3 is 0 Å². The van der Waals surface area contributed by atoms with E-state index < -0.39 is 0 Å². The van der Waals surface area contributed by atoms with Gasteiger partial charge in [-0.05, 0) is 41.1 Å². The minimum atomic E-state index is -0.379. The number of amides is 2. The molecule has 5 nitrogen and oxygen atoms in total. The average molecular weight is 390 g/mol. The third-order valence-electron chi connectivity index (χ3n) is 4.82. The molecule has 0 atom stereocenters. The molecule has 0 saturated carbocycles. The highest BCUT2D eigenvalue weighted by Gasteiger charge is 2.17. The maximum atomic E-state index is 13.0. The Morgan fingerprint density at radius 2 is 1.79 bits per heavy atom. The third kappa shape index (κ3) is 3.96. The van der Waals surface area contributed by atoms with Crippen molar-refractivity contribution in [3.63, 3.8) is 0 Å². The number of likely N-dealkylation sites (N-methyl/N-ethyl adjacent to an activating group) is 1. The summed E-state index contributed by atoms with van der Waals surface area (Å²) in [4.78, 5) is 26.2. The van der Waals surface area contributed by atoms with Crippen molar-refractivity contribution in [1.82, 2.24) is 4.90 Å². The first-order valence-electron chi connectivity index (χ1n) is 9.18. The van der Waals surface area contributed by atoms with E-state index in [4.69, 9.17) is 4.42 Å². The molecular formula is C23H19FN2O3. The minimum Gasteiger partial charge on any atom is -0.464 e. The van der Waals surface area contributed by atoms with Gasteiger partial charge < -0.3 is 14.6 Å². The monoisotopic (exact) mass is 390 g/mol. The number of hydrogen-bond acceptors (Lipinski definition) is 3. The van der Waals surface area contributed by atoms with Gasteiger partial charge in [-0.2, -0.15) is 0 Å². The van der Waals surface area contributed by atoms with Gasteiger partial charge in [0.05, 0.1) is 19.2 Å². The number of halogens is 1. The van der Waals surface area contributed by atoms with E-state index in [1.807, 2.05) is 36.4 Å². The molecule has 0 fully saturated rings. The van der Waals surface area contributed by atoms with Crippen LogP contribution in [0.2, 0.25) is 0 Å². The van der Waals surface area contributed by atoms with Gasteiger partial charge in [-0.25, -0.2) is 4.39 Å². The van der Waals surface area contributed by atoms with E-state index in [9.17, 15) is 14.0 Å². The summed E-state index contributed by atoms with van der Waals surface area (Å²) in [6, 6.07) is 17.3. The first-order valence-corrected chi connectivity index (χ1v) is 9.18. The number of benzene rings is 3. The quantitative estimate of drug-likeness (QED) is 0.551. The highest BCUT2D eigenvalue weighted by Crippen LogP contribution is 2.30. The van der Waals surface area contributed by atoms with Crippen LogP contribution < -0.4 is 5.32 Å². The van der Waals surface area contributed by atoms with E-state index in [-0.39, 0.29) is 30.6 Å². The molecule has 0 aliphatic rings. The van der Waals surface area contributed by atoms with Crippen molar-refractivity contribution < 1.29 is 18.4 Å². The van der Waals surface area contributed by atoms with Gasteiger partial charge in [0, 0.05) is 23.7 Å². The number of anilines is 1. The van der Waals surface area contributed by atoms with Crippen molar-refractivity contribution in [3.05, 3.63) is 78.3 Å². The summed E-state index contributed by atoms with van der Waals surface area (Å²) in [6.07, 6.45) is 1.72. The molecule has 0 unspecified atom stereocenters. The maximum Gasteiger partial charge on any atom is 0.243 e. The third-order valence-corrected chi connectivity index (χ3v) is 4.82. The summed E-state index contributed by atoms with van der Waals surface area (Å²) in [5.41, 5.74) is 1.99. The summed E-state index contributed by atoms with van der Waals surface area (Å²) in [5.74, 6) is -0.931. The van der Waals surface area contributed by atoms with E-state index in [2.05, 4.69) is 5.32 Å². The number of carbonyl (C=O) groups is 2. The van der Waals surface area contributed by atoms with Crippen LogP contribution in [0.4, 0.5) is 10.1 Å². The van der Waals surface area contributed by atoms with Crippen LogP contribution in [-0.4, -0.2) is 30.3 Å². The lowest BCUT2D eigenvalue weighted by atomic mass is 10.0. The summed E-state index contributed by atoms with van der Waals surface area (Å²) < 4.78 is 18.6. The molecule has 4 aromatic rings. The van der Waals surface area contributed by atoms with E-state index in [1.54, 1.807) is 13.3 Å². The summed E-state index contributed by atoms with van der Waals surface area (Å²) >= 11 is 0. The van der Waals surface area contributed by atoms with Crippen molar-refractivity contribution in [2.24, 2.45) is 0 Å². The molecular weight excluding hydrogens is 371 g/mol. The molecule has 0 aliphatic carbocycles. The smallest absolute Gasteiger partial charge is 0.243 e. The fraction of sp³-hybridized carbons (Fsp3) is 0.130. The second-order valence-electron chi connectivity index (χ2n) is 6.90. The van der Waals surface area contributed by atoms with Crippen molar-refractivity contribution >= 4 is 39.2 Å². The van der Waals surface area contributed by atoms with Crippen LogP contribution >= 0.6 is 0 Å². The molecule has 2 amide bonds. The van der Waals surface area contributed by atoms with Gasteiger partial charge in [0.1, 0.15) is 11.4 Å². The van der Waals surface area contributed by atoms with Gasteiger partial charge in [-0.1, -0.05) is 30.3 Å². The van der Waals surface area contributed by atoms with Crippen molar-refractivity contribution in [3.8, 4) is 0 Å². The fourth-order valence-corrected chi connectivity index (χ4v) is 3.34. The van der Waals surface area contributed by atoms with Gasteiger partial charge in [0.25, 0.3) is 0 Å². The Bertz CT molecular complexity index is 1200. The molecule has 6 heteroatoms. The molecule has 1 N–H and O–H groups in total. The Morgan fingerprint density at radius 3 is 2.59 bits per heavy atom. The van der Waals surface area contributed by atoms with E-state index in [1.165, 1.54) is 29.2 Å². The second kappa shape index (κ2) is 7.75. The van der Waals surface area contributed by atoms with Gasteiger partial charge in [-0.15, -0.1) is 0 Å². The average Bonchev–Trinajstić information content (AvgIpc) is 3.13. The van der Waals surface area contributed by atoms with Crippen LogP contribution in [0, 0.1) is 5.82 Å². The summed E-state index contributed by atoms with van der Waals surface area (Å²) in [7, 11) is 1.58. The molecule has 0 aliphatic heterocycles. The predicted octanol–water partition coefficient (Wildman–Crippen LogP) is 4.36. The van der Waals surface area contributed by atoms with E-state index >= 15 is 0 Å². The summed E-state index contributed by atoms with van der Waals surface area (Å²) in [6.45, 7) is -0.104. The minimum absolute atomic E-state index is 0.104. The molecule has 29 heavy (non-hydrogen) atoms. The fourth-order valence-electron chi connectivity index (χ4n) is 3.34. The Balaban J connectivity index is 1.47. The van der Waals surface area contributed by atoms with Crippen LogP contribution in [0.5, 0.6) is 0 Å². The molecule has 0 spiro atoms. The molecule has 146 valence electrons. The molecule has 1 heterocycles. The zero-order chi connectivity index (χ0) is 20.4. The van der Waals surface area contributed by atoms with Crippen molar-refractivity contribution in [2.45, 2.75) is 6.42 Å². The molecule has 0 saturated heterocycles. The van der Waals surface area contributed by atoms with Crippen LogP contribution in [0.3, 0.4) is 0 Å². The van der Waals surface area contributed by atoms with Crippen LogP contribution in [0.15, 0.2) is 71.3 Å². The van der Waals surface area contributed by atoms with Gasteiger partial charge in [0.15, 0.2) is 0 Å². The van der Waals surface area contributed by atoms with Gasteiger partial charge in [-0.3, -0.25) is 9.59 Å². The molecule has 3 aromatic carbocycles. The van der Waals surface area contributed by atoms with Crippen LogP contribution in [-0.2, 0) is 16.0 Å². The molecule has 1 aromatic heterocycles. The first kappa shape index (κ1) is 18.7. The lowest BCUT2D eigenvalue weighted by Gasteiger charge is -2.16. The van der Waals surface area contributed by atoms with Crippen molar-refractivity contribution in [1.29, 1.82) is 0 Å². The Kier molecular flexibility index (Phi) is 4.99. The van der Waals surface area contributed by atoms with Crippen LogP contribution in [0.1, 0.15) is 5.56 Å². The first-order chi connectivity index (χ1) is 14.0. The maximum absolute atomic E-state index is 13.0. The number of nitrogens with one attached hydrogen (secondary N) is 1. The largest absolute Gasteiger partial charge is 0.464 e. The Hall–Kier alpha value is -3.67. The molecule has 0 radical (unpaired) electrons. The number of nitrogens with zero attached hydrogens (tertiary/aromatic N) is 1. The number of fused-ring (bicyclic) bond motifs is 3. The number of carbonyl (C=O) groups excluding carboxylic acids is 2. The van der Waals surface area contributed by atoms with Gasteiger partial charge in [0.2, 0.25) is 11.8 Å². The normalized spacial score (nSPS) is 11.0. The zero-order valence-electron chi connectivity index (χ0n) is 15.8. The lowest BCUT2D eigenvalue weighted by Crippen LogP contribution is -2.35. The lowest BCUT2D eigenvalue weighted by molar-refractivity contribution is -0.132. The van der Waals surface area contributed by atoms with E-state index in [0.717, 1.165) is 27.3 Å². The van der Waals surface area contributed by atoms with Crippen LogP contribution in [0.25, 0.3) is 21.7 Å². The summed E-state index contributed by atoms with van der Waals surface area (Å²) in [5, 5.41) is 5.66. The Morgan fingerprint density at radius 1 is 1.03 bits per heavy atom. The zero-order valence-corrected chi connectivity index (χ0v) is 15.8. The highest BCUT2D eigenvalue weighted by atomic mass is 19.1. The second-order valence-corrected chi connectivity index (χ2v) is 6.90.